The van der Waals surface area contributed by atoms with Gasteiger partial charge in [0.05, 0.1) is 12.0 Å². The van der Waals surface area contributed by atoms with E-state index in [2.05, 4.69) is 24.6 Å². The Kier molecular flexibility index (Phi) is 5.59. The lowest BCUT2D eigenvalue weighted by molar-refractivity contribution is -0.124. The lowest BCUT2D eigenvalue weighted by atomic mass is 9.80. The summed E-state index contributed by atoms with van der Waals surface area (Å²) in [4.78, 5) is 33.6. The molecule has 160 valence electrons. The smallest absolute Gasteiger partial charge is 0.348 e. The second-order valence-corrected chi connectivity index (χ2v) is 15.9. The van der Waals surface area contributed by atoms with E-state index in [-0.39, 0.29) is 18.6 Å². The predicted octanol–water partition coefficient (Wildman–Crippen LogP) is 4.02. The molecular weight excluding hydrogens is 416 g/mol. The van der Waals surface area contributed by atoms with Crippen LogP contribution in [0.4, 0.5) is 5.82 Å². The van der Waals surface area contributed by atoms with Crippen molar-refractivity contribution in [3.63, 3.8) is 0 Å². The van der Waals surface area contributed by atoms with Crippen molar-refractivity contribution in [2.24, 2.45) is 0 Å². The summed E-state index contributed by atoms with van der Waals surface area (Å²) in [6.45, 7) is 9.98. The number of aromatic nitrogens is 1. The first-order valence-electron chi connectivity index (χ1n) is 10.4. The lowest BCUT2D eigenvalue weighted by Crippen LogP contribution is -2.42. The van der Waals surface area contributed by atoms with Crippen LogP contribution in [-0.4, -0.2) is 44.9 Å². The molecule has 0 radical (unpaired) electrons. The molecule has 1 amide bonds. The van der Waals surface area contributed by atoms with Gasteiger partial charge >= 0.3 is 5.97 Å². The lowest BCUT2D eigenvalue weighted by Gasteiger charge is -2.24. The summed E-state index contributed by atoms with van der Waals surface area (Å²) in [6.07, 6.45) is 2.90. The van der Waals surface area contributed by atoms with E-state index in [1.165, 1.54) is 11.3 Å². The van der Waals surface area contributed by atoms with Gasteiger partial charge in [0, 0.05) is 37.7 Å². The van der Waals surface area contributed by atoms with E-state index in [1.807, 2.05) is 18.2 Å². The van der Waals surface area contributed by atoms with Gasteiger partial charge in [-0.25, -0.2) is 9.78 Å². The van der Waals surface area contributed by atoms with Crippen LogP contribution in [0, 0.1) is 0 Å². The molecule has 8 heteroatoms. The fourth-order valence-electron chi connectivity index (χ4n) is 4.18. The van der Waals surface area contributed by atoms with Crippen molar-refractivity contribution in [3.8, 4) is 0 Å². The van der Waals surface area contributed by atoms with E-state index < -0.39 is 13.5 Å². The summed E-state index contributed by atoms with van der Waals surface area (Å²) in [5.41, 5.74) is 1.39. The Morgan fingerprint density at radius 1 is 1.33 bits per heavy atom. The monoisotopic (exact) mass is 444 g/mol. The van der Waals surface area contributed by atoms with Gasteiger partial charge in [-0.05, 0) is 37.1 Å². The zero-order chi connectivity index (χ0) is 21.5. The van der Waals surface area contributed by atoms with E-state index in [0.717, 1.165) is 22.0 Å². The van der Waals surface area contributed by atoms with Crippen molar-refractivity contribution in [2.75, 3.05) is 24.8 Å². The highest BCUT2D eigenvalue weighted by Crippen LogP contribution is 2.50. The number of fused-ring (bicyclic) bond motifs is 3. The summed E-state index contributed by atoms with van der Waals surface area (Å²) in [6, 6.07) is 6.84. The van der Waals surface area contributed by atoms with Gasteiger partial charge in [0.25, 0.3) is 0 Å². The number of ether oxygens (including phenoxy) is 2. The van der Waals surface area contributed by atoms with Crippen LogP contribution < -0.4 is 4.90 Å². The third kappa shape index (κ3) is 3.72. The largest absolute Gasteiger partial charge is 0.462 e. The third-order valence-electron chi connectivity index (χ3n) is 5.76. The van der Waals surface area contributed by atoms with E-state index in [0.29, 0.717) is 36.8 Å². The number of hydrogen-bond donors (Lipinski definition) is 0. The maximum atomic E-state index is 13.6. The average Bonchev–Trinajstić information content (AvgIpc) is 3.30. The number of esters is 1. The minimum absolute atomic E-state index is 0.0466. The summed E-state index contributed by atoms with van der Waals surface area (Å²) < 4.78 is 11.0. The van der Waals surface area contributed by atoms with Gasteiger partial charge in [-0.1, -0.05) is 25.7 Å². The van der Waals surface area contributed by atoms with Crippen molar-refractivity contribution in [2.45, 2.75) is 50.9 Å². The van der Waals surface area contributed by atoms with Crippen LogP contribution >= 0.6 is 11.3 Å². The molecule has 0 fully saturated rings. The van der Waals surface area contributed by atoms with Crippen LogP contribution in [0.2, 0.25) is 25.7 Å². The van der Waals surface area contributed by atoms with Crippen molar-refractivity contribution in [1.82, 2.24) is 4.98 Å². The fourth-order valence-corrected chi connectivity index (χ4v) is 6.13. The molecule has 2 aromatic heterocycles. The SMILES string of the molecule is CCOC(=O)c1cc2c(s1)C[C@]1(C2)C(=O)N(COCC[Si](C)(C)C)c2ncccc21. The maximum absolute atomic E-state index is 13.6. The van der Waals surface area contributed by atoms with Crippen LogP contribution in [0.3, 0.4) is 0 Å². The third-order valence-corrected chi connectivity index (χ3v) is 8.62. The molecule has 0 aromatic carbocycles. The number of thiophene rings is 1. The fraction of sp³-hybridized carbons (Fsp3) is 0.500. The zero-order valence-electron chi connectivity index (χ0n) is 18.0. The normalized spacial score (nSPS) is 20.0. The molecule has 2 aliphatic rings. The standard InChI is InChI=1S/C22H28N2O4SSi/c1-5-28-20(25)17-11-15-12-22(13-18(15)29-17)16-7-6-8-23-19(16)24(21(22)26)14-27-9-10-30(2,3)4/h6-8,11H,5,9-10,12-14H2,1-4H3/t22-/m0/s1. The molecule has 1 aliphatic heterocycles. The van der Waals surface area contributed by atoms with Gasteiger partial charge in [0.15, 0.2) is 0 Å². The number of hydrogen-bond acceptors (Lipinski definition) is 6. The van der Waals surface area contributed by atoms with Crippen LogP contribution in [0.1, 0.15) is 32.6 Å². The van der Waals surface area contributed by atoms with Crippen molar-refractivity contribution in [1.29, 1.82) is 0 Å². The Morgan fingerprint density at radius 2 is 2.13 bits per heavy atom. The first kappa shape index (κ1) is 21.2. The zero-order valence-corrected chi connectivity index (χ0v) is 19.8. The maximum Gasteiger partial charge on any atom is 0.348 e. The molecule has 0 N–H and O–H groups in total. The Balaban J connectivity index is 1.55. The topological polar surface area (TPSA) is 68.7 Å². The highest BCUT2D eigenvalue weighted by Gasteiger charge is 2.55. The van der Waals surface area contributed by atoms with Gasteiger partial charge in [-0.15, -0.1) is 11.3 Å². The number of amides is 1. The van der Waals surface area contributed by atoms with Gasteiger partial charge in [-0.2, -0.15) is 0 Å². The molecule has 0 bridgehead atoms. The molecule has 30 heavy (non-hydrogen) atoms. The second kappa shape index (κ2) is 7.90. The number of rotatable bonds is 7. The summed E-state index contributed by atoms with van der Waals surface area (Å²) in [5.74, 6) is 0.463. The molecule has 0 saturated carbocycles. The van der Waals surface area contributed by atoms with Crippen molar-refractivity contribution >= 4 is 37.1 Å². The van der Waals surface area contributed by atoms with Crippen LogP contribution in [0.15, 0.2) is 24.4 Å². The van der Waals surface area contributed by atoms with E-state index in [4.69, 9.17) is 9.47 Å². The second-order valence-electron chi connectivity index (χ2n) is 9.17. The Hall–Kier alpha value is -2.03. The molecular formula is C22H28N2O4SSi. The van der Waals surface area contributed by atoms with Crippen molar-refractivity contribution < 1.29 is 19.1 Å². The summed E-state index contributed by atoms with van der Waals surface area (Å²) >= 11 is 1.44. The van der Waals surface area contributed by atoms with Gasteiger partial charge in [0.1, 0.15) is 17.4 Å². The minimum atomic E-state index is -1.19. The molecule has 4 rings (SSSR count). The number of nitrogens with zero attached hydrogens (tertiary/aromatic N) is 2. The average molecular weight is 445 g/mol. The molecule has 1 aliphatic carbocycles. The van der Waals surface area contributed by atoms with Gasteiger partial charge < -0.3 is 9.47 Å². The first-order chi connectivity index (χ1) is 14.2. The number of pyridine rings is 1. The van der Waals surface area contributed by atoms with Crippen LogP contribution in [-0.2, 0) is 32.5 Å². The van der Waals surface area contributed by atoms with Crippen LogP contribution in [0.5, 0.6) is 0 Å². The van der Waals surface area contributed by atoms with E-state index in [9.17, 15) is 9.59 Å². The number of anilines is 1. The van der Waals surface area contributed by atoms with Crippen molar-refractivity contribution in [3.05, 3.63) is 45.3 Å². The molecule has 2 aromatic rings. The highest BCUT2D eigenvalue weighted by molar-refractivity contribution is 7.14. The van der Waals surface area contributed by atoms with Gasteiger partial charge in [-0.3, -0.25) is 9.69 Å². The highest BCUT2D eigenvalue weighted by atomic mass is 32.1. The molecule has 0 unspecified atom stereocenters. The molecule has 3 heterocycles. The van der Waals surface area contributed by atoms with E-state index in [1.54, 1.807) is 18.0 Å². The summed E-state index contributed by atoms with van der Waals surface area (Å²) in [5, 5.41) is 0. The Labute approximate surface area is 182 Å². The van der Waals surface area contributed by atoms with Crippen LogP contribution in [0.25, 0.3) is 0 Å². The summed E-state index contributed by atoms with van der Waals surface area (Å²) in [7, 11) is -1.19. The van der Waals surface area contributed by atoms with Gasteiger partial charge in [0.2, 0.25) is 5.91 Å². The Bertz CT molecular complexity index is 958. The predicted molar refractivity (Wildman–Crippen MR) is 120 cm³/mol. The minimum Gasteiger partial charge on any atom is -0.462 e. The van der Waals surface area contributed by atoms with E-state index >= 15 is 0 Å². The number of carbonyl (C=O) groups excluding carboxylic acids is 2. The molecule has 1 atom stereocenters. The quantitative estimate of drug-likeness (QED) is 0.367. The molecule has 1 spiro atoms. The molecule has 0 saturated heterocycles. The Morgan fingerprint density at radius 3 is 2.83 bits per heavy atom. The molecule has 6 nitrogen and oxygen atoms in total. The first-order valence-corrected chi connectivity index (χ1v) is 14.9. The number of carbonyl (C=O) groups is 2.